The summed E-state index contributed by atoms with van der Waals surface area (Å²) in [5, 5.41) is 3.16. The van der Waals surface area contributed by atoms with Crippen LogP contribution in [0.3, 0.4) is 0 Å². The minimum atomic E-state index is -0.0528. The number of carbonyl (C=O) groups excluding carboxylic acids is 2. The number of carbonyl (C=O) groups is 2. The number of nitrogens with one attached hydrogen (secondary N) is 1. The molecule has 1 saturated heterocycles. The summed E-state index contributed by atoms with van der Waals surface area (Å²) in [5.74, 6) is 1.69. The normalized spacial score (nSPS) is 18.1. The van der Waals surface area contributed by atoms with Gasteiger partial charge >= 0.3 is 6.03 Å². The zero-order chi connectivity index (χ0) is 21.7. The number of benzene rings is 1. The first kappa shape index (κ1) is 22.6. The molecule has 166 valence electrons. The number of urea groups is 1. The molecule has 2 heterocycles. The largest absolute Gasteiger partial charge is 0.337 e. The van der Waals surface area contributed by atoms with Gasteiger partial charge in [0.05, 0.1) is 11.4 Å². The van der Waals surface area contributed by atoms with Crippen LogP contribution in [0.1, 0.15) is 47.0 Å². The topological polar surface area (TPSA) is 55.9 Å². The van der Waals surface area contributed by atoms with Crippen molar-refractivity contribution in [3.8, 4) is 0 Å². The molecule has 0 unspecified atom stereocenters. The number of hydrogen-bond donors (Lipinski definition) is 1. The summed E-state index contributed by atoms with van der Waals surface area (Å²) >= 11 is 0. The van der Waals surface area contributed by atoms with Gasteiger partial charge in [0.2, 0.25) is 5.91 Å². The van der Waals surface area contributed by atoms with Crippen molar-refractivity contribution in [2.75, 3.05) is 49.1 Å². The fourth-order valence-electron chi connectivity index (χ4n) is 4.51. The van der Waals surface area contributed by atoms with E-state index in [9.17, 15) is 9.59 Å². The average Bonchev–Trinajstić information content (AvgIpc) is 2.71. The maximum Gasteiger partial charge on any atom is 0.322 e. The van der Waals surface area contributed by atoms with Gasteiger partial charge in [-0.25, -0.2) is 4.79 Å². The summed E-state index contributed by atoms with van der Waals surface area (Å²) in [6.07, 6.45) is 2.80. The highest BCUT2D eigenvalue weighted by Gasteiger charge is 2.30. The molecule has 3 rings (SSSR count). The Labute approximate surface area is 181 Å². The second-order valence-electron chi connectivity index (χ2n) is 9.61. The first-order chi connectivity index (χ1) is 14.3. The minimum Gasteiger partial charge on any atom is -0.337 e. The number of piperidine rings is 1. The van der Waals surface area contributed by atoms with Gasteiger partial charge in [0, 0.05) is 32.6 Å². The molecule has 0 spiro atoms. The van der Waals surface area contributed by atoms with Crippen LogP contribution in [-0.4, -0.2) is 56.1 Å². The Bertz CT molecular complexity index is 726. The summed E-state index contributed by atoms with van der Waals surface area (Å²) in [6, 6.07) is 7.69. The number of nitrogens with zero attached hydrogens (tertiary/aromatic N) is 3. The molecule has 0 atom stereocenters. The maximum atomic E-state index is 13.0. The van der Waals surface area contributed by atoms with Crippen LogP contribution < -0.4 is 15.1 Å². The Kier molecular flexibility index (Phi) is 7.75. The quantitative estimate of drug-likeness (QED) is 0.766. The van der Waals surface area contributed by atoms with Crippen LogP contribution in [0.5, 0.6) is 0 Å². The van der Waals surface area contributed by atoms with E-state index in [0.717, 1.165) is 50.4 Å². The molecule has 1 N–H and O–H groups in total. The fraction of sp³-hybridized carbons (Fsp3) is 0.667. The molecule has 1 aromatic rings. The molecule has 0 saturated carbocycles. The zero-order valence-corrected chi connectivity index (χ0v) is 19.1. The molecule has 2 aliphatic heterocycles. The van der Waals surface area contributed by atoms with Gasteiger partial charge in [-0.2, -0.15) is 0 Å². The van der Waals surface area contributed by atoms with Crippen LogP contribution in [0, 0.1) is 17.8 Å². The molecule has 0 radical (unpaired) electrons. The highest BCUT2D eigenvalue weighted by Crippen LogP contribution is 2.33. The van der Waals surface area contributed by atoms with E-state index in [1.807, 2.05) is 29.2 Å². The van der Waals surface area contributed by atoms with E-state index in [4.69, 9.17) is 0 Å². The SMILES string of the molecule is CC(C)CC(=O)N1CCN(C(=O)NCC2CCN(CC(C)C)CC2)c2ccccc21. The van der Waals surface area contributed by atoms with Crippen molar-refractivity contribution in [2.24, 2.45) is 17.8 Å². The summed E-state index contributed by atoms with van der Waals surface area (Å²) in [4.78, 5) is 31.8. The lowest BCUT2D eigenvalue weighted by Crippen LogP contribution is -2.51. The van der Waals surface area contributed by atoms with Crippen molar-refractivity contribution < 1.29 is 9.59 Å². The molecule has 3 amide bonds. The number of amides is 3. The van der Waals surface area contributed by atoms with Crippen LogP contribution in [0.2, 0.25) is 0 Å². The molecular weight excluding hydrogens is 376 g/mol. The fourth-order valence-corrected chi connectivity index (χ4v) is 4.51. The Hall–Kier alpha value is -2.08. The monoisotopic (exact) mass is 414 g/mol. The van der Waals surface area contributed by atoms with Gasteiger partial charge in [0.15, 0.2) is 0 Å². The lowest BCUT2D eigenvalue weighted by molar-refractivity contribution is -0.119. The maximum absolute atomic E-state index is 13.0. The number of anilines is 2. The molecule has 1 aromatic carbocycles. The van der Waals surface area contributed by atoms with Crippen LogP contribution in [-0.2, 0) is 4.79 Å². The van der Waals surface area contributed by atoms with E-state index in [1.165, 1.54) is 0 Å². The molecule has 0 bridgehead atoms. The molecule has 30 heavy (non-hydrogen) atoms. The molecule has 6 nitrogen and oxygen atoms in total. The molecule has 6 heteroatoms. The van der Waals surface area contributed by atoms with E-state index in [1.54, 1.807) is 4.90 Å². The van der Waals surface area contributed by atoms with E-state index in [0.29, 0.717) is 37.3 Å². The van der Waals surface area contributed by atoms with E-state index in [2.05, 4.69) is 37.9 Å². The second-order valence-corrected chi connectivity index (χ2v) is 9.61. The smallest absolute Gasteiger partial charge is 0.322 e. The van der Waals surface area contributed by atoms with Gasteiger partial charge in [0.25, 0.3) is 0 Å². The second kappa shape index (κ2) is 10.3. The summed E-state index contributed by atoms with van der Waals surface area (Å²) in [7, 11) is 0. The highest BCUT2D eigenvalue weighted by molar-refractivity contribution is 6.03. The third-order valence-electron chi connectivity index (χ3n) is 6.01. The summed E-state index contributed by atoms with van der Waals surface area (Å²) in [6.45, 7) is 13.8. The van der Waals surface area contributed by atoms with Crippen molar-refractivity contribution in [3.05, 3.63) is 24.3 Å². The highest BCUT2D eigenvalue weighted by atomic mass is 16.2. The Morgan fingerprint density at radius 3 is 2.13 bits per heavy atom. The van der Waals surface area contributed by atoms with Crippen molar-refractivity contribution >= 4 is 23.3 Å². The summed E-state index contributed by atoms with van der Waals surface area (Å²) < 4.78 is 0. The van der Waals surface area contributed by atoms with Crippen LogP contribution in [0.4, 0.5) is 16.2 Å². The van der Waals surface area contributed by atoms with Crippen LogP contribution in [0.15, 0.2) is 24.3 Å². The Balaban J connectivity index is 1.57. The zero-order valence-electron chi connectivity index (χ0n) is 19.1. The summed E-state index contributed by atoms with van der Waals surface area (Å²) in [5.41, 5.74) is 1.66. The van der Waals surface area contributed by atoms with Crippen LogP contribution >= 0.6 is 0 Å². The van der Waals surface area contributed by atoms with Gasteiger partial charge in [0.1, 0.15) is 0 Å². The van der Waals surface area contributed by atoms with Gasteiger partial charge < -0.3 is 15.1 Å². The molecule has 1 fully saturated rings. The van der Waals surface area contributed by atoms with Crippen molar-refractivity contribution in [3.63, 3.8) is 0 Å². The van der Waals surface area contributed by atoms with E-state index < -0.39 is 0 Å². The number of likely N-dealkylation sites (tertiary alicyclic amines) is 1. The van der Waals surface area contributed by atoms with Gasteiger partial charge in [-0.05, 0) is 55.8 Å². The third-order valence-corrected chi connectivity index (χ3v) is 6.01. The lowest BCUT2D eigenvalue weighted by Gasteiger charge is -2.37. The van der Waals surface area contributed by atoms with E-state index in [-0.39, 0.29) is 11.9 Å². The van der Waals surface area contributed by atoms with Gasteiger partial charge in [-0.3, -0.25) is 9.69 Å². The number of fused-ring (bicyclic) bond motifs is 1. The minimum absolute atomic E-state index is 0.0528. The molecule has 2 aliphatic rings. The van der Waals surface area contributed by atoms with Gasteiger partial charge in [-0.1, -0.05) is 39.8 Å². The molecule has 0 aliphatic carbocycles. The number of hydrogen-bond acceptors (Lipinski definition) is 3. The number of rotatable bonds is 6. The van der Waals surface area contributed by atoms with Crippen molar-refractivity contribution in [2.45, 2.75) is 47.0 Å². The van der Waals surface area contributed by atoms with Crippen LogP contribution in [0.25, 0.3) is 0 Å². The first-order valence-corrected chi connectivity index (χ1v) is 11.5. The standard InChI is InChI=1S/C24H38N4O2/c1-18(2)15-23(29)27-13-14-28(22-8-6-5-7-21(22)27)24(30)25-16-20-9-11-26(12-10-20)17-19(3)4/h5-8,18-20H,9-17H2,1-4H3,(H,25,30). The number of para-hydroxylation sites is 2. The van der Waals surface area contributed by atoms with Gasteiger partial charge in [-0.15, -0.1) is 0 Å². The predicted octanol–water partition coefficient (Wildman–Crippen LogP) is 3.96. The average molecular weight is 415 g/mol. The van der Waals surface area contributed by atoms with E-state index >= 15 is 0 Å². The first-order valence-electron chi connectivity index (χ1n) is 11.5. The third kappa shape index (κ3) is 5.75. The lowest BCUT2D eigenvalue weighted by atomic mass is 9.96. The van der Waals surface area contributed by atoms with Crippen molar-refractivity contribution in [1.82, 2.24) is 10.2 Å². The van der Waals surface area contributed by atoms with Crippen molar-refractivity contribution in [1.29, 1.82) is 0 Å². The Morgan fingerprint density at radius 2 is 1.53 bits per heavy atom. The predicted molar refractivity (Wildman–Crippen MR) is 123 cm³/mol. The molecular formula is C24H38N4O2. The molecule has 0 aromatic heterocycles. The Morgan fingerprint density at radius 1 is 0.933 bits per heavy atom.